The van der Waals surface area contributed by atoms with E-state index in [1.54, 1.807) is 25.1 Å². The number of hydrogen-bond acceptors (Lipinski definition) is 3. The highest BCUT2D eigenvalue weighted by Gasteiger charge is 2.15. The number of benzene rings is 2. The Morgan fingerprint density at radius 3 is 2.68 bits per heavy atom. The van der Waals surface area contributed by atoms with Crippen molar-refractivity contribution < 1.29 is 13.2 Å². The first kappa shape index (κ1) is 11.6. The second-order valence-electron chi connectivity index (χ2n) is 4.29. The van der Waals surface area contributed by atoms with E-state index in [9.17, 15) is 8.78 Å². The molecule has 2 N–H and O–H groups in total. The molecule has 0 saturated carbocycles. The first-order valence-corrected chi connectivity index (χ1v) is 5.67. The molecular weight excluding hydrogens is 250 g/mol. The number of nitrogens with zero attached hydrogens (tertiary/aromatic N) is 1. The van der Waals surface area contributed by atoms with E-state index in [2.05, 4.69) is 4.98 Å². The van der Waals surface area contributed by atoms with Crippen LogP contribution in [0, 0.1) is 18.6 Å². The highest BCUT2D eigenvalue weighted by molar-refractivity contribution is 5.87. The van der Waals surface area contributed by atoms with Gasteiger partial charge in [0.1, 0.15) is 17.2 Å². The monoisotopic (exact) mass is 260 g/mol. The highest BCUT2D eigenvalue weighted by Crippen LogP contribution is 2.30. The van der Waals surface area contributed by atoms with Gasteiger partial charge in [0.15, 0.2) is 5.58 Å². The zero-order valence-corrected chi connectivity index (χ0v) is 10.1. The molecule has 3 nitrogen and oxygen atoms in total. The number of fused-ring (bicyclic) bond motifs is 1. The number of para-hydroxylation sites is 1. The van der Waals surface area contributed by atoms with Gasteiger partial charge in [-0.3, -0.25) is 0 Å². The largest absolute Gasteiger partial charge is 0.436 e. The molecule has 5 heteroatoms. The zero-order valence-electron chi connectivity index (χ0n) is 10.1. The smallest absolute Gasteiger partial charge is 0.230 e. The molecule has 0 aliphatic carbocycles. The van der Waals surface area contributed by atoms with Crippen molar-refractivity contribution in [2.75, 3.05) is 5.73 Å². The molecule has 0 amide bonds. The van der Waals surface area contributed by atoms with Gasteiger partial charge in [0, 0.05) is 6.07 Å². The normalized spacial score (nSPS) is 11.1. The summed E-state index contributed by atoms with van der Waals surface area (Å²) >= 11 is 0. The highest BCUT2D eigenvalue weighted by atomic mass is 19.1. The number of oxazole rings is 1. The Bertz CT molecular complexity index is 780. The summed E-state index contributed by atoms with van der Waals surface area (Å²) in [7, 11) is 0. The summed E-state index contributed by atoms with van der Waals surface area (Å²) in [6, 6.07) is 7.28. The van der Waals surface area contributed by atoms with Gasteiger partial charge in [-0.1, -0.05) is 6.07 Å². The predicted octanol–water partition coefficient (Wildman–Crippen LogP) is 3.66. The third-order valence-electron chi connectivity index (χ3n) is 2.93. The van der Waals surface area contributed by atoms with Crippen LogP contribution in [0.1, 0.15) is 5.56 Å². The second-order valence-corrected chi connectivity index (χ2v) is 4.29. The van der Waals surface area contributed by atoms with Gasteiger partial charge in [-0.2, -0.15) is 0 Å². The first-order valence-electron chi connectivity index (χ1n) is 5.67. The average Bonchev–Trinajstić information content (AvgIpc) is 2.79. The molecule has 3 rings (SSSR count). The lowest BCUT2D eigenvalue weighted by molar-refractivity contribution is 0.567. The molecule has 0 spiro atoms. The Morgan fingerprint density at radius 1 is 1.16 bits per heavy atom. The van der Waals surface area contributed by atoms with Gasteiger partial charge < -0.3 is 10.2 Å². The average molecular weight is 260 g/mol. The van der Waals surface area contributed by atoms with E-state index in [1.165, 1.54) is 6.07 Å². The molecule has 0 fully saturated rings. The van der Waals surface area contributed by atoms with Crippen molar-refractivity contribution in [3.05, 3.63) is 47.5 Å². The van der Waals surface area contributed by atoms with Crippen LogP contribution in [-0.2, 0) is 0 Å². The minimum Gasteiger partial charge on any atom is -0.436 e. The maximum Gasteiger partial charge on any atom is 0.230 e. The lowest BCUT2D eigenvalue weighted by Crippen LogP contribution is -1.90. The van der Waals surface area contributed by atoms with Gasteiger partial charge in [0.05, 0.1) is 11.3 Å². The van der Waals surface area contributed by atoms with Crippen LogP contribution in [0.25, 0.3) is 22.6 Å². The second kappa shape index (κ2) is 4.05. The van der Waals surface area contributed by atoms with E-state index in [4.69, 9.17) is 10.2 Å². The van der Waals surface area contributed by atoms with E-state index < -0.39 is 11.6 Å². The zero-order chi connectivity index (χ0) is 13.6. The van der Waals surface area contributed by atoms with Crippen molar-refractivity contribution in [3.8, 4) is 11.5 Å². The summed E-state index contributed by atoms with van der Waals surface area (Å²) in [6.07, 6.45) is 0. The van der Waals surface area contributed by atoms with E-state index in [0.29, 0.717) is 22.4 Å². The van der Waals surface area contributed by atoms with Crippen molar-refractivity contribution in [3.63, 3.8) is 0 Å². The van der Waals surface area contributed by atoms with Crippen molar-refractivity contribution in [1.29, 1.82) is 0 Å². The molecule has 19 heavy (non-hydrogen) atoms. The van der Waals surface area contributed by atoms with Gasteiger partial charge in [-0.05, 0) is 30.7 Å². The topological polar surface area (TPSA) is 52.0 Å². The molecule has 0 aliphatic heterocycles. The lowest BCUT2D eigenvalue weighted by Gasteiger charge is -2.01. The van der Waals surface area contributed by atoms with Crippen molar-refractivity contribution >= 4 is 16.8 Å². The molecule has 0 radical (unpaired) electrons. The molecule has 0 saturated heterocycles. The Labute approximate surface area is 107 Å². The minimum atomic E-state index is -0.715. The number of aryl methyl sites for hydroxylation is 1. The molecule has 1 aromatic heterocycles. The first-order chi connectivity index (χ1) is 9.06. The Balaban J connectivity index is 2.25. The number of aromatic nitrogens is 1. The van der Waals surface area contributed by atoms with Crippen LogP contribution in [0.4, 0.5) is 14.5 Å². The summed E-state index contributed by atoms with van der Waals surface area (Å²) in [4.78, 5) is 4.16. The van der Waals surface area contributed by atoms with Gasteiger partial charge in [-0.15, -0.1) is 0 Å². The molecule has 2 aromatic carbocycles. The van der Waals surface area contributed by atoms with E-state index >= 15 is 0 Å². The molecule has 1 heterocycles. The van der Waals surface area contributed by atoms with Crippen LogP contribution in [0.5, 0.6) is 0 Å². The van der Waals surface area contributed by atoms with E-state index in [0.717, 1.165) is 6.07 Å². The maximum atomic E-state index is 13.8. The van der Waals surface area contributed by atoms with Gasteiger partial charge in [0.25, 0.3) is 0 Å². The molecule has 0 unspecified atom stereocenters. The van der Waals surface area contributed by atoms with Crippen LogP contribution in [0.2, 0.25) is 0 Å². The molecule has 0 aliphatic rings. The summed E-state index contributed by atoms with van der Waals surface area (Å²) < 4.78 is 32.5. The molecule has 0 atom stereocenters. The fourth-order valence-electron chi connectivity index (χ4n) is 1.91. The summed E-state index contributed by atoms with van der Waals surface area (Å²) in [5.41, 5.74) is 7.60. The van der Waals surface area contributed by atoms with Crippen LogP contribution < -0.4 is 5.73 Å². The Morgan fingerprint density at radius 2 is 1.95 bits per heavy atom. The number of halogens is 2. The van der Waals surface area contributed by atoms with E-state index in [1.807, 2.05) is 0 Å². The summed E-state index contributed by atoms with van der Waals surface area (Å²) in [6.45, 7) is 1.55. The third kappa shape index (κ3) is 1.83. The van der Waals surface area contributed by atoms with Crippen LogP contribution in [-0.4, -0.2) is 4.98 Å². The van der Waals surface area contributed by atoms with Crippen LogP contribution >= 0.6 is 0 Å². The fourth-order valence-corrected chi connectivity index (χ4v) is 1.91. The number of rotatable bonds is 1. The number of hydrogen-bond donors (Lipinski definition) is 1. The van der Waals surface area contributed by atoms with E-state index in [-0.39, 0.29) is 11.5 Å². The standard InChI is InChI=1S/C14H10F2N2O/c1-7-5-8(10(16)6-9(7)15)14-18-13-11(17)3-2-4-12(13)19-14/h2-6H,17H2,1H3. The van der Waals surface area contributed by atoms with Crippen LogP contribution in [0.3, 0.4) is 0 Å². The number of nitrogen functional groups attached to an aromatic ring is 1. The maximum absolute atomic E-state index is 13.8. The quantitative estimate of drug-likeness (QED) is 0.679. The number of nitrogens with two attached hydrogens (primary N) is 1. The minimum absolute atomic E-state index is 0.0912. The predicted molar refractivity (Wildman–Crippen MR) is 68.5 cm³/mol. The van der Waals surface area contributed by atoms with Crippen LogP contribution in [0.15, 0.2) is 34.7 Å². The Kier molecular flexibility index (Phi) is 2.48. The van der Waals surface area contributed by atoms with Crippen molar-refractivity contribution in [2.24, 2.45) is 0 Å². The SMILES string of the molecule is Cc1cc(-c2nc3c(N)cccc3o2)c(F)cc1F. The summed E-state index contributed by atoms with van der Waals surface area (Å²) in [5.74, 6) is -1.22. The van der Waals surface area contributed by atoms with Gasteiger partial charge >= 0.3 is 0 Å². The van der Waals surface area contributed by atoms with Crippen molar-refractivity contribution in [2.45, 2.75) is 6.92 Å². The Hall–Kier alpha value is -2.43. The molecule has 0 bridgehead atoms. The fraction of sp³-hybridized carbons (Fsp3) is 0.0714. The molecular formula is C14H10F2N2O. The molecule has 96 valence electrons. The number of anilines is 1. The molecule has 3 aromatic rings. The van der Waals surface area contributed by atoms with Gasteiger partial charge in [0.2, 0.25) is 5.89 Å². The lowest BCUT2D eigenvalue weighted by atomic mass is 10.1. The van der Waals surface area contributed by atoms with Gasteiger partial charge in [-0.25, -0.2) is 13.8 Å². The summed E-state index contributed by atoms with van der Waals surface area (Å²) in [5, 5.41) is 0. The third-order valence-corrected chi connectivity index (χ3v) is 2.93. The van der Waals surface area contributed by atoms with Crippen molar-refractivity contribution in [1.82, 2.24) is 4.98 Å².